The van der Waals surface area contributed by atoms with Gasteiger partial charge in [0, 0.05) is 17.5 Å². The second-order valence-corrected chi connectivity index (χ2v) is 4.93. The lowest BCUT2D eigenvalue weighted by Crippen LogP contribution is -2.40. The molecule has 1 aromatic carbocycles. The summed E-state index contributed by atoms with van der Waals surface area (Å²) in [6, 6.07) is 8.05. The molecule has 1 unspecified atom stereocenters. The van der Waals surface area contributed by atoms with E-state index < -0.39 is 17.3 Å². The summed E-state index contributed by atoms with van der Waals surface area (Å²) in [5.41, 5.74) is -1.24. The fraction of sp³-hybridized carbons (Fsp3) is 0.357. The van der Waals surface area contributed by atoms with E-state index in [0.717, 1.165) is 5.39 Å². The molecule has 1 heterocycles. The Kier molecular flexibility index (Phi) is 3.59. The second kappa shape index (κ2) is 5.03. The van der Waals surface area contributed by atoms with Crippen LogP contribution < -0.4 is 10.4 Å². The molecule has 19 heavy (non-hydrogen) atoms. The first-order valence-electron chi connectivity index (χ1n) is 5.93. The van der Waals surface area contributed by atoms with Crippen LogP contribution in [-0.4, -0.2) is 28.5 Å². The van der Waals surface area contributed by atoms with Gasteiger partial charge in [-0.25, -0.2) is 4.79 Å². The van der Waals surface area contributed by atoms with Crippen LogP contribution in [0, 0.1) is 0 Å². The van der Waals surface area contributed by atoms with E-state index in [1.54, 1.807) is 24.3 Å². The standard InChI is InChI=1S/C14H16O5/c1-14(2,17)12(15)8-18-10-5-3-9-4-6-13(16)19-11(9)7-10/h3-7,12,15,17H,8H2,1-2H3. The minimum Gasteiger partial charge on any atom is -0.491 e. The minimum atomic E-state index is -1.23. The van der Waals surface area contributed by atoms with Gasteiger partial charge in [0.25, 0.3) is 0 Å². The topological polar surface area (TPSA) is 79.9 Å². The Hall–Kier alpha value is -1.85. The van der Waals surface area contributed by atoms with Crippen molar-refractivity contribution in [2.24, 2.45) is 0 Å². The summed E-state index contributed by atoms with van der Waals surface area (Å²) in [7, 11) is 0. The maximum Gasteiger partial charge on any atom is 0.336 e. The zero-order valence-corrected chi connectivity index (χ0v) is 10.8. The van der Waals surface area contributed by atoms with Gasteiger partial charge >= 0.3 is 5.63 Å². The molecule has 0 spiro atoms. The van der Waals surface area contributed by atoms with Gasteiger partial charge in [-0.05, 0) is 32.0 Å². The molecule has 5 heteroatoms. The highest BCUT2D eigenvalue weighted by Gasteiger charge is 2.24. The van der Waals surface area contributed by atoms with Crippen molar-refractivity contribution >= 4 is 11.0 Å². The van der Waals surface area contributed by atoms with Crippen molar-refractivity contribution in [3.63, 3.8) is 0 Å². The number of rotatable bonds is 4. The van der Waals surface area contributed by atoms with Gasteiger partial charge in [0.1, 0.15) is 24.0 Å². The van der Waals surface area contributed by atoms with Crippen LogP contribution >= 0.6 is 0 Å². The van der Waals surface area contributed by atoms with Gasteiger partial charge < -0.3 is 19.4 Å². The van der Waals surface area contributed by atoms with Crippen molar-refractivity contribution in [2.75, 3.05) is 6.61 Å². The molecule has 1 atom stereocenters. The van der Waals surface area contributed by atoms with Crippen LogP contribution in [0.5, 0.6) is 5.75 Å². The fourth-order valence-electron chi connectivity index (χ4n) is 1.51. The zero-order chi connectivity index (χ0) is 14.0. The summed E-state index contributed by atoms with van der Waals surface area (Å²) in [4.78, 5) is 11.1. The molecule has 0 radical (unpaired) electrons. The van der Waals surface area contributed by atoms with E-state index in [9.17, 15) is 15.0 Å². The largest absolute Gasteiger partial charge is 0.491 e. The highest BCUT2D eigenvalue weighted by Crippen LogP contribution is 2.20. The monoisotopic (exact) mass is 264 g/mol. The van der Waals surface area contributed by atoms with Gasteiger partial charge in [-0.3, -0.25) is 0 Å². The predicted molar refractivity (Wildman–Crippen MR) is 70.3 cm³/mol. The summed E-state index contributed by atoms with van der Waals surface area (Å²) in [5.74, 6) is 0.463. The SMILES string of the molecule is CC(C)(O)C(O)COc1ccc2ccc(=O)oc2c1. The van der Waals surface area contributed by atoms with Crippen molar-refractivity contribution in [3.05, 3.63) is 40.8 Å². The number of aliphatic hydroxyl groups excluding tert-OH is 1. The van der Waals surface area contributed by atoms with E-state index >= 15 is 0 Å². The highest BCUT2D eigenvalue weighted by molar-refractivity contribution is 5.77. The zero-order valence-electron chi connectivity index (χ0n) is 10.8. The lowest BCUT2D eigenvalue weighted by molar-refractivity contribution is -0.0661. The molecule has 0 aliphatic carbocycles. The molecular weight excluding hydrogens is 248 g/mol. The second-order valence-electron chi connectivity index (χ2n) is 4.93. The van der Waals surface area contributed by atoms with Gasteiger partial charge in [-0.15, -0.1) is 0 Å². The lowest BCUT2D eigenvalue weighted by atomic mass is 10.0. The smallest absolute Gasteiger partial charge is 0.336 e. The van der Waals surface area contributed by atoms with Gasteiger partial charge in [0.2, 0.25) is 0 Å². The van der Waals surface area contributed by atoms with Crippen molar-refractivity contribution in [3.8, 4) is 5.75 Å². The van der Waals surface area contributed by atoms with Crippen molar-refractivity contribution in [2.45, 2.75) is 25.6 Å². The lowest BCUT2D eigenvalue weighted by Gasteiger charge is -2.24. The maximum atomic E-state index is 11.1. The average molecular weight is 264 g/mol. The molecule has 5 nitrogen and oxygen atoms in total. The van der Waals surface area contributed by atoms with Gasteiger partial charge in [0.15, 0.2) is 0 Å². The molecule has 102 valence electrons. The highest BCUT2D eigenvalue weighted by atomic mass is 16.5. The molecule has 2 rings (SSSR count). The Morgan fingerprint density at radius 1 is 1.32 bits per heavy atom. The molecule has 0 amide bonds. The number of ether oxygens (including phenoxy) is 1. The van der Waals surface area contributed by atoms with E-state index in [-0.39, 0.29) is 6.61 Å². The molecule has 1 aromatic heterocycles. The Balaban J connectivity index is 2.16. The first kappa shape index (κ1) is 13.6. The van der Waals surface area contributed by atoms with Crippen molar-refractivity contribution in [1.82, 2.24) is 0 Å². The number of aliphatic hydroxyl groups is 2. The summed E-state index contributed by atoms with van der Waals surface area (Å²) >= 11 is 0. The predicted octanol–water partition coefficient (Wildman–Crippen LogP) is 1.30. The molecular formula is C14H16O5. The Bertz CT molecular complexity index is 624. The van der Waals surface area contributed by atoms with Crippen LogP contribution in [0.3, 0.4) is 0 Å². The molecule has 2 N–H and O–H groups in total. The van der Waals surface area contributed by atoms with Gasteiger partial charge in [-0.2, -0.15) is 0 Å². The van der Waals surface area contributed by atoms with E-state index in [0.29, 0.717) is 11.3 Å². The normalized spacial score (nSPS) is 13.5. The molecule has 0 saturated heterocycles. The Labute approximate surface area is 110 Å². The third kappa shape index (κ3) is 3.33. The summed E-state index contributed by atoms with van der Waals surface area (Å²) in [6.07, 6.45) is -1.01. The number of fused-ring (bicyclic) bond motifs is 1. The average Bonchev–Trinajstić information content (AvgIpc) is 2.34. The number of benzene rings is 1. The van der Waals surface area contributed by atoms with E-state index in [2.05, 4.69) is 0 Å². The quantitative estimate of drug-likeness (QED) is 0.814. The summed E-state index contributed by atoms with van der Waals surface area (Å²) in [6.45, 7) is 2.95. The van der Waals surface area contributed by atoms with Crippen molar-refractivity contribution < 1.29 is 19.4 Å². The minimum absolute atomic E-state index is 0.0495. The number of hydrogen-bond acceptors (Lipinski definition) is 5. The molecule has 0 aliphatic rings. The third-order valence-corrected chi connectivity index (χ3v) is 2.82. The van der Waals surface area contributed by atoms with Crippen molar-refractivity contribution in [1.29, 1.82) is 0 Å². The van der Waals surface area contributed by atoms with E-state index in [1.807, 2.05) is 0 Å². The molecule has 0 aliphatic heterocycles. The fourth-order valence-corrected chi connectivity index (χ4v) is 1.51. The molecule has 0 bridgehead atoms. The van der Waals surface area contributed by atoms with Crippen LogP contribution in [0.4, 0.5) is 0 Å². The first-order chi connectivity index (χ1) is 8.86. The maximum absolute atomic E-state index is 11.1. The molecule has 0 saturated carbocycles. The van der Waals surface area contributed by atoms with Crippen LogP contribution in [-0.2, 0) is 0 Å². The first-order valence-corrected chi connectivity index (χ1v) is 5.93. The van der Waals surface area contributed by atoms with Crippen LogP contribution in [0.1, 0.15) is 13.8 Å². The third-order valence-electron chi connectivity index (χ3n) is 2.82. The van der Waals surface area contributed by atoms with E-state index in [1.165, 1.54) is 19.9 Å². The summed E-state index contributed by atoms with van der Waals surface area (Å²) in [5, 5.41) is 20.0. The van der Waals surface area contributed by atoms with Crippen LogP contribution in [0.25, 0.3) is 11.0 Å². The Morgan fingerprint density at radius 2 is 2.00 bits per heavy atom. The summed E-state index contributed by atoms with van der Waals surface area (Å²) < 4.78 is 10.4. The van der Waals surface area contributed by atoms with Crippen LogP contribution in [0.2, 0.25) is 0 Å². The van der Waals surface area contributed by atoms with Gasteiger partial charge in [-0.1, -0.05) is 0 Å². The Morgan fingerprint density at radius 3 is 2.68 bits per heavy atom. The van der Waals surface area contributed by atoms with Gasteiger partial charge in [0.05, 0.1) is 5.60 Å². The molecule has 2 aromatic rings. The van der Waals surface area contributed by atoms with E-state index in [4.69, 9.17) is 9.15 Å². The number of hydrogen-bond donors (Lipinski definition) is 2. The van der Waals surface area contributed by atoms with Crippen LogP contribution in [0.15, 0.2) is 39.5 Å². The molecule has 0 fully saturated rings.